The summed E-state index contributed by atoms with van der Waals surface area (Å²) in [7, 11) is -3.45. The Morgan fingerprint density at radius 2 is 1.80 bits per heavy atom. The van der Waals surface area contributed by atoms with Gasteiger partial charge in [-0.1, -0.05) is 30.3 Å². The van der Waals surface area contributed by atoms with E-state index >= 15 is 0 Å². The lowest BCUT2D eigenvalue weighted by Crippen LogP contribution is -2.02. The molecule has 2 aliphatic heterocycles. The lowest BCUT2D eigenvalue weighted by Gasteiger charge is -2.17. The molecular weight excluding hydrogens is 299 g/mol. The predicted molar refractivity (Wildman–Crippen MR) is 75.8 cm³/mol. The summed E-state index contributed by atoms with van der Waals surface area (Å²) in [5, 5.41) is 0. The molecular formula is C14H10ClO4P. The monoisotopic (exact) mass is 308 g/mol. The molecule has 4 nitrogen and oxygen atoms in total. The Kier molecular flexibility index (Phi) is 2.53. The fourth-order valence-corrected chi connectivity index (χ4v) is 4.01. The molecule has 2 bridgehead atoms. The Hall–Kier alpha value is -1.64. The molecule has 0 aromatic heterocycles. The van der Waals surface area contributed by atoms with E-state index in [1.165, 1.54) is 0 Å². The van der Waals surface area contributed by atoms with Gasteiger partial charge in [-0.3, -0.25) is 0 Å². The zero-order valence-corrected chi connectivity index (χ0v) is 12.0. The van der Waals surface area contributed by atoms with Crippen molar-refractivity contribution in [3.63, 3.8) is 0 Å². The van der Waals surface area contributed by atoms with Gasteiger partial charge < -0.3 is 13.6 Å². The summed E-state index contributed by atoms with van der Waals surface area (Å²) < 4.78 is 27.9. The fourth-order valence-electron chi connectivity index (χ4n) is 2.52. The Bertz CT molecular complexity index is 745. The minimum absolute atomic E-state index is 0.438. The molecule has 2 aromatic carbocycles. The largest absolute Gasteiger partial charge is 0.647 e. The van der Waals surface area contributed by atoms with Crippen LogP contribution in [0.1, 0.15) is 5.56 Å². The van der Waals surface area contributed by atoms with Crippen molar-refractivity contribution in [2.45, 2.75) is 6.42 Å². The van der Waals surface area contributed by atoms with Gasteiger partial charge in [0.2, 0.25) is 5.75 Å². The summed E-state index contributed by atoms with van der Waals surface area (Å²) in [5.74, 6) is 1.87. The third-order valence-electron chi connectivity index (χ3n) is 3.35. The van der Waals surface area contributed by atoms with E-state index in [1.807, 2.05) is 36.4 Å². The lowest BCUT2D eigenvalue weighted by atomic mass is 9.96. The van der Waals surface area contributed by atoms with Gasteiger partial charge in [-0.05, 0) is 23.6 Å². The summed E-state index contributed by atoms with van der Waals surface area (Å²) >= 11 is 5.89. The highest BCUT2D eigenvalue weighted by molar-refractivity contribution is 7.50. The van der Waals surface area contributed by atoms with Crippen molar-refractivity contribution in [2.75, 3.05) is 5.88 Å². The number of fused-ring (bicyclic) bond motifs is 1. The molecule has 0 fully saturated rings. The molecule has 4 rings (SSSR count). The third-order valence-corrected chi connectivity index (χ3v) is 4.77. The van der Waals surface area contributed by atoms with E-state index in [4.69, 9.17) is 25.2 Å². The van der Waals surface area contributed by atoms with Crippen molar-refractivity contribution in [3.8, 4) is 28.4 Å². The van der Waals surface area contributed by atoms with Crippen LogP contribution in [0.25, 0.3) is 11.1 Å². The number of hydrogen-bond acceptors (Lipinski definition) is 4. The average Bonchev–Trinajstić information content (AvgIpc) is 2.96. The molecule has 0 saturated carbocycles. The molecule has 0 aliphatic carbocycles. The van der Waals surface area contributed by atoms with E-state index in [0.717, 1.165) is 16.7 Å². The van der Waals surface area contributed by atoms with E-state index in [-0.39, 0.29) is 0 Å². The Labute approximate surface area is 120 Å². The van der Waals surface area contributed by atoms with E-state index in [0.29, 0.717) is 29.5 Å². The van der Waals surface area contributed by atoms with Crippen molar-refractivity contribution in [1.29, 1.82) is 0 Å². The second-order valence-corrected chi connectivity index (χ2v) is 6.41. The van der Waals surface area contributed by atoms with Gasteiger partial charge in [-0.2, -0.15) is 4.57 Å². The normalized spacial score (nSPS) is 21.2. The first-order valence-electron chi connectivity index (χ1n) is 6.20. The molecule has 6 heteroatoms. The molecule has 1 unspecified atom stereocenters. The lowest BCUT2D eigenvalue weighted by molar-refractivity contribution is 0.353. The summed E-state index contributed by atoms with van der Waals surface area (Å²) in [5.41, 5.74) is 2.91. The molecule has 2 heterocycles. The summed E-state index contributed by atoms with van der Waals surface area (Å²) in [4.78, 5) is 0. The van der Waals surface area contributed by atoms with Gasteiger partial charge in [0, 0.05) is 11.4 Å². The first-order valence-corrected chi connectivity index (χ1v) is 8.20. The molecule has 0 amide bonds. The summed E-state index contributed by atoms with van der Waals surface area (Å²) in [6, 6.07) is 11.7. The highest BCUT2D eigenvalue weighted by Crippen LogP contribution is 2.70. The average molecular weight is 309 g/mol. The van der Waals surface area contributed by atoms with Gasteiger partial charge in [-0.25, -0.2) is 0 Å². The zero-order chi connectivity index (χ0) is 13.7. The maximum absolute atomic E-state index is 12.0. The highest BCUT2D eigenvalue weighted by Gasteiger charge is 2.51. The molecule has 0 radical (unpaired) electrons. The predicted octanol–water partition coefficient (Wildman–Crippen LogP) is 4.41. The van der Waals surface area contributed by atoms with Crippen LogP contribution >= 0.6 is 19.4 Å². The fraction of sp³-hybridized carbons (Fsp3) is 0.143. The number of halogens is 1. The van der Waals surface area contributed by atoms with Gasteiger partial charge in [0.05, 0.1) is 0 Å². The van der Waals surface area contributed by atoms with Gasteiger partial charge in [-0.15, -0.1) is 11.6 Å². The minimum atomic E-state index is -3.45. The standard InChI is InChI=1S/C14H10ClO4P/c15-7-6-10-11(9-4-2-1-3-5-9)8-12-14-13(10)18-20(16,17-12)19-14/h1-5,8H,6-7H2. The topological polar surface area (TPSA) is 44.8 Å². The van der Waals surface area contributed by atoms with E-state index in [9.17, 15) is 4.57 Å². The quantitative estimate of drug-likeness (QED) is 0.622. The molecule has 20 heavy (non-hydrogen) atoms. The van der Waals surface area contributed by atoms with Gasteiger partial charge in [0.1, 0.15) is 0 Å². The van der Waals surface area contributed by atoms with Crippen LogP contribution in [0.15, 0.2) is 36.4 Å². The third kappa shape index (κ3) is 1.65. The van der Waals surface area contributed by atoms with Gasteiger partial charge in [0.25, 0.3) is 0 Å². The first kappa shape index (κ1) is 12.1. The van der Waals surface area contributed by atoms with Crippen LogP contribution in [0.2, 0.25) is 0 Å². The maximum atomic E-state index is 12.0. The second-order valence-electron chi connectivity index (χ2n) is 4.59. The van der Waals surface area contributed by atoms with Gasteiger partial charge >= 0.3 is 7.82 Å². The number of rotatable bonds is 3. The molecule has 0 spiro atoms. The van der Waals surface area contributed by atoms with Crippen molar-refractivity contribution in [3.05, 3.63) is 42.0 Å². The van der Waals surface area contributed by atoms with E-state index < -0.39 is 7.82 Å². The van der Waals surface area contributed by atoms with Crippen LogP contribution in [0.4, 0.5) is 0 Å². The SMILES string of the molecule is O=P12Oc3cc(-c4ccccc4)c(CCCl)c(c3O1)O2. The van der Waals surface area contributed by atoms with Crippen molar-refractivity contribution in [1.82, 2.24) is 0 Å². The molecule has 0 saturated heterocycles. The van der Waals surface area contributed by atoms with Crippen LogP contribution in [0.5, 0.6) is 17.2 Å². The van der Waals surface area contributed by atoms with Crippen molar-refractivity contribution < 1.29 is 18.1 Å². The van der Waals surface area contributed by atoms with Crippen LogP contribution in [0, 0.1) is 0 Å². The smallest absolute Gasteiger partial charge is 0.382 e. The first-order chi connectivity index (χ1) is 9.70. The number of phosphoric acid groups is 1. The van der Waals surface area contributed by atoms with E-state index in [1.54, 1.807) is 0 Å². The van der Waals surface area contributed by atoms with E-state index in [2.05, 4.69) is 0 Å². The van der Waals surface area contributed by atoms with Crippen LogP contribution in [-0.2, 0) is 11.0 Å². The van der Waals surface area contributed by atoms with Crippen molar-refractivity contribution in [2.24, 2.45) is 0 Å². The number of hydrogen-bond donors (Lipinski definition) is 0. The number of alkyl halides is 1. The van der Waals surface area contributed by atoms with Crippen LogP contribution in [-0.4, -0.2) is 5.88 Å². The molecule has 2 aromatic rings. The summed E-state index contributed by atoms with van der Waals surface area (Å²) in [6.07, 6.45) is 0.609. The number of benzene rings is 2. The highest BCUT2D eigenvalue weighted by atomic mass is 35.5. The second kappa shape index (κ2) is 4.18. The molecule has 1 atom stereocenters. The molecule has 2 aliphatic rings. The van der Waals surface area contributed by atoms with Gasteiger partial charge in [0.15, 0.2) is 11.5 Å². The number of phosphoric ester groups is 1. The Morgan fingerprint density at radius 3 is 2.50 bits per heavy atom. The zero-order valence-electron chi connectivity index (χ0n) is 10.3. The van der Waals surface area contributed by atoms with Crippen LogP contribution in [0.3, 0.4) is 0 Å². The Balaban J connectivity index is 1.96. The summed E-state index contributed by atoms with van der Waals surface area (Å²) in [6.45, 7) is 0. The minimum Gasteiger partial charge on any atom is -0.382 e. The molecule has 0 N–H and O–H groups in total. The van der Waals surface area contributed by atoms with Crippen molar-refractivity contribution >= 4 is 19.4 Å². The molecule has 102 valence electrons. The Morgan fingerprint density at radius 1 is 1.05 bits per heavy atom. The van der Waals surface area contributed by atoms with Crippen LogP contribution < -0.4 is 13.6 Å². The maximum Gasteiger partial charge on any atom is 0.647 e.